The van der Waals surface area contributed by atoms with Crippen LogP contribution < -0.4 is 10.6 Å². The summed E-state index contributed by atoms with van der Waals surface area (Å²) in [6.45, 7) is 3.21. The number of hydrogen-bond donors (Lipinski definition) is 2. The molecule has 8 aromatic rings. The van der Waals surface area contributed by atoms with Crippen LogP contribution in [0.3, 0.4) is 0 Å². The zero-order valence-corrected chi connectivity index (χ0v) is 29.5. The van der Waals surface area contributed by atoms with Gasteiger partial charge in [0.05, 0.1) is 21.1 Å². The highest BCUT2D eigenvalue weighted by molar-refractivity contribution is 7.20. The van der Waals surface area contributed by atoms with Gasteiger partial charge in [-0.05, 0) is 17.5 Å². The molecule has 0 spiro atoms. The van der Waals surface area contributed by atoms with Gasteiger partial charge in [0, 0.05) is 39.6 Å². The van der Waals surface area contributed by atoms with Crippen molar-refractivity contribution in [3.8, 4) is 44.8 Å². The normalized spacial score (nSPS) is 16.4. The van der Waals surface area contributed by atoms with Gasteiger partial charge in [-0.25, -0.2) is 0 Å². The maximum Gasteiger partial charge on any atom is 0.149 e. The van der Waals surface area contributed by atoms with Crippen LogP contribution in [0.15, 0.2) is 121 Å². The van der Waals surface area contributed by atoms with Crippen molar-refractivity contribution in [2.45, 2.75) is 32.1 Å². The van der Waals surface area contributed by atoms with Gasteiger partial charge in [0.25, 0.3) is 0 Å². The molecular weight excluding hydrogens is 667 g/mol. The summed E-state index contributed by atoms with van der Waals surface area (Å²) in [6.07, 6.45) is 2.10. The highest BCUT2D eigenvalue weighted by atomic mass is 32.1. The fourth-order valence-corrected chi connectivity index (χ4v) is 9.99. The number of unbranched alkanes of at least 4 members (excludes halogenated alkanes) is 1. The number of aromatic nitrogens is 4. The van der Waals surface area contributed by atoms with Crippen LogP contribution in [-0.2, 0) is 0 Å². The lowest BCUT2D eigenvalue weighted by molar-refractivity contribution is 0.151. The Bertz CT molecular complexity index is 2360. The Labute approximate surface area is 303 Å². The van der Waals surface area contributed by atoms with E-state index in [4.69, 9.17) is 20.4 Å². The number of benzene rings is 4. The van der Waals surface area contributed by atoms with Gasteiger partial charge in [-0.3, -0.25) is 4.90 Å². The molecule has 6 heterocycles. The molecule has 4 aromatic heterocycles. The molecule has 2 N–H and O–H groups in total. The summed E-state index contributed by atoms with van der Waals surface area (Å²) in [5, 5.41) is 30.1. The number of nitrogens with one attached hydrogen (secondary N) is 2. The molecule has 248 valence electrons. The Kier molecular flexibility index (Phi) is 7.37. The quantitative estimate of drug-likeness (QED) is 0.171. The molecular formula is C42H33N7S2. The lowest BCUT2D eigenvalue weighted by Crippen LogP contribution is -2.46. The minimum atomic E-state index is -0.0527. The smallest absolute Gasteiger partial charge is 0.149 e. The van der Waals surface area contributed by atoms with E-state index >= 15 is 0 Å². The zero-order chi connectivity index (χ0) is 33.9. The SMILES string of the molecule is CCCCN1[C@@H]2Nc3c(sc4nnc(-c5ccccc5)c(-c5ccccc5)c34)[C@H]1Nc1c2sc2nnc(-c3ccccc3)c(-c3ccccc3)c12. The molecule has 2 atom stereocenters. The molecule has 0 aliphatic carbocycles. The summed E-state index contributed by atoms with van der Waals surface area (Å²) in [6, 6.07) is 42.1. The van der Waals surface area contributed by atoms with Gasteiger partial charge in [-0.2, -0.15) is 0 Å². The molecule has 0 fully saturated rings. The Morgan fingerprint density at radius 3 is 1.31 bits per heavy atom. The van der Waals surface area contributed by atoms with E-state index in [2.05, 4.69) is 132 Å². The fourth-order valence-electron chi connectivity index (χ4n) is 7.66. The van der Waals surface area contributed by atoms with Crippen LogP contribution in [0, 0.1) is 0 Å². The van der Waals surface area contributed by atoms with Gasteiger partial charge in [0.1, 0.15) is 33.4 Å². The van der Waals surface area contributed by atoms with E-state index < -0.39 is 0 Å². The van der Waals surface area contributed by atoms with Crippen molar-refractivity contribution in [3.63, 3.8) is 0 Å². The number of hydrogen-bond acceptors (Lipinski definition) is 9. The Balaban J connectivity index is 1.21. The molecule has 2 aliphatic rings. The molecule has 0 amide bonds. The minimum absolute atomic E-state index is 0.0527. The largest absolute Gasteiger partial charge is 0.363 e. The van der Waals surface area contributed by atoms with Crippen LogP contribution in [0.2, 0.25) is 0 Å². The topological polar surface area (TPSA) is 78.9 Å². The van der Waals surface area contributed by atoms with Crippen molar-refractivity contribution in [2.75, 3.05) is 17.2 Å². The molecule has 4 aromatic carbocycles. The molecule has 9 heteroatoms. The summed E-state index contributed by atoms with van der Waals surface area (Å²) in [5.74, 6) is 0. The van der Waals surface area contributed by atoms with E-state index in [0.29, 0.717) is 0 Å². The van der Waals surface area contributed by atoms with Crippen molar-refractivity contribution < 1.29 is 0 Å². The van der Waals surface area contributed by atoms with Gasteiger partial charge in [-0.15, -0.1) is 43.1 Å². The van der Waals surface area contributed by atoms with Crippen molar-refractivity contribution in [1.29, 1.82) is 0 Å². The third-order valence-electron chi connectivity index (χ3n) is 10.0. The second kappa shape index (κ2) is 12.4. The number of fused-ring (bicyclic) bond motifs is 10. The first-order valence-corrected chi connectivity index (χ1v) is 19.1. The lowest BCUT2D eigenvalue weighted by Gasteiger charge is -2.46. The van der Waals surface area contributed by atoms with Gasteiger partial charge in [-0.1, -0.05) is 135 Å². The average Bonchev–Trinajstić information content (AvgIpc) is 3.76. The highest BCUT2D eigenvalue weighted by Crippen LogP contribution is 2.58. The van der Waals surface area contributed by atoms with Gasteiger partial charge < -0.3 is 10.6 Å². The van der Waals surface area contributed by atoms with Gasteiger partial charge in [0.2, 0.25) is 0 Å². The van der Waals surface area contributed by atoms with Crippen LogP contribution >= 0.6 is 22.7 Å². The van der Waals surface area contributed by atoms with Crippen LogP contribution in [0.5, 0.6) is 0 Å². The molecule has 0 saturated carbocycles. The minimum Gasteiger partial charge on any atom is -0.363 e. The second-order valence-corrected chi connectivity index (χ2v) is 15.1. The predicted octanol–water partition coefficient (Wildman–Crippen LogP) is 11.0. The molecule has 0 radical (unpaired) electrons. The first kappa shape index (κ1) is 30.4. The van der Waals surface area contributed by atoms with Crippen molar-refractivity contribution in [1.82, 2.24) is 25.3 Å². The monoisotopic (exact) mass is 699 g/mol. The number of anilines is 2. The lowest BCUT2D eigenvalue weighted by atomic mass is 9.94. The Morgan fingerprint density at radius 2 is 0.922 bits per heavy atom. The highest BCUT2D eigenvalue weighted by Gasteiger charge is 2.45. The Hall–Kier alpha value is -5.48. The first-order valence-electron chi connectivity index (χ1n) is 17.4. The molecule has 10 rings (SSSR count). The summed E-state index contributed by atoms with van der Waals surface area (Å²) in [5.41, 5.74) is 10.6. The predicted molar refractivity (Wildman–Crippen MR) is 211 cm³/mol. The fraction of sp³-hybridized carbons (Fsp3) is 0.143. The third kappa shape index (κ3) is 4.87. The van der Waals surface area contributed by atoms with Crippen LogP contribution in [-0.4, -0.2) is 31.8 Å². The van der Waals surface area contributed by atoms with E-state index in [1.165, 1.54) is 9.75 Å². The molecule has 51 heavy (non-hydrogen) atoms. The molecule has 0 saturated heterocycles. The molecule has 2 aliphatic heterocycles. The summed E-state index contributed by atoms with van der Waals surface area (Å²) < 4.78 is 0. The van der Waals surface area contributed by atoms with Gasteiger partial charge in [0.15, 0.2) is 0 Å². The average molecular weight is 700 g/mol. The van der Waals surface area contributed by atoms with Crippen molar-refractivity contribution in [3.05, 3.63) is 131 Å². The van der Waals surface area contributed by atoms with E-state index in [0.717, 1.165) is 96.0 Å². The van der Waals surface area contributed by atoms with Crippen LogP contribution in [0.25, 0.3) is 65.2 Å². The number of thiophene rings is 2. The molecule has 0 unspecified atom stereocenters. The van der Waals surface area contributed by atoms with E-state index in [-0.39, 0.29) is 12.3 Å². The first-order chi connectivity index (χ1) is 25.3. The van der Waals surface area contributed by atoms with Crippen molar-refractivity contribution >= 4 is 54.5 Å². The van der Waals surface area contributed by atoms with Crippen molar-refractivity contribution in [2.24, 2.45) is 0 Å². The third-order valence-corrected chi connectivity index (χ3v) is 12.3. The molecule has 7 nitrogen and oxygen atoms in total. The molecule has 2 bridgehead atoms. The maximum absolute atomic E-state index is 4.90. The summed E-state index contributed by atoms with van der Waals surface area (Å²) in [7, 11) is 0. The van der Waals surface area contributed by atoms with E-state index in [9.17, 15) is 0 Å². The van der Waals surface area contributed by atoms with Crippen LogP contribution in [0.4, 0.5) is 11.4 Å². The summed E-state index contributed by atoms with van der Waals surface area (Å²) >= 11 is 3.47. The second-order valence-electron chi connectivity index (χ2n) is 13.0. The zero-order valence-electron chi connectivity index (χ0n) is 27.9. The van der Waals surface area contributed by atoms with E-state index in [1.807, 2.05) is 12.1 Å². The standard InChI is InChI=1S/C42H33N7S2/c1-2-3-24-49-39-37-35(31-29(25-16-8-4-9-17-25)33(45-47-41(31)50-37)27-20-12-6-13-21-27)43-40(49)38-36(44-39)32-30(26-18-10-5-11-19-26)34(46-48-42(32)51-38)28-22-14-7-15-23-28/h4-23,39-40,43-44H,2-3,24H2,1H3/t39-,40-/m0/s1. The van der Waals surface area contributed by atoms with E-state index in [1.54, 1.807) is 22.7 Å². The van der Waals surface area contributed by atoms with Gasteiger partial charge >= 0.3 is 0 Å². The number of nitrogens with zero attached hydrogens (tertiary/aromatic N) is 5. The Morgan fingerprint density at radius 1 is 0.529 bits per heavy atom. The van der Waals surface area contributed by atoms with Crippen LogP contribution in [0.1, 0.15) is 41.9 Å². The maximum atomic E-state index is 4.90. The number of rotatable bonds is 7. The summed E-state index contributed by atoms with van der Waals surface area (Å²) in [4.78, 5) is 6.91.